The van der Waals surface area contributed by atoms with E-state index in [4.69, 9.17) is 0 Å². The highest BCUT2D eigenvalue weighted by Gasteiger charge is 2.39. The highest BCUT2D eigenvalue weighted by Crippen LogP contribution is 2.34. The summed E-state index contributed by atoms with van der Waals surface area (Å²) in [4.78, 5) is 41.9. The number of thioether (sulfide) groups is 1. The van der Waals surface area contributed by atoms with Crippen molar-refractivity contribution in [3.63, 3.8) is 0 Å². The van der Waals surface area contributed by atoms with E-state index in [1.165, 1.54) is 51.7 Å². The largest absolute Gasteiger partial charge is 0.322 e. The Kier molecular flexibility index (Phi) is 7.33. The smallest absolute Gasteiger partial charge is 0.255 e. The fourth-order valence-corrected chi connectivity index (χ4v) is 5.94. The van der Waals surface area contributed by atoms with E-state index in [1.807, 2.05) is 23.9 Å². The predicted octanol–water partition coefficient (Wildman–Crippen LogP) is 3.44. The summed E-state index contributed by atoms with van der Waals surface area (Å²) in [5, 5.41) is 2.37. The van der Waals surface area contributed by atoms with Crippen molar-refractivity contribution in [2.75, 3.05) is 25.4 Å². The minimum Gasteiger partial charge on any atom is -0.322 e. The number of likely N-dealkylation sites (tertiary alicyclic amines) is 1. The van der Waals surface area contributed by atoms with Gasteiger partial charge in [0.25, 0.3) is 5.91 Å². The van der Waals surface area contributed by atoms with Gasteiger partial charge >= 0.3 is 0 Å². The molecule has 1 atom stereocenters. The Bertz CT molecular complexity index is 837. The van der Waals surface area contributed by atoms with Gasteiger partial charge in [0.1, 0.15) is 6.04 Å². The molecule has 6 nitrogen and oxygen atoms in total. The Morgan fingerprint density at radius 1 is 1.06 bits per heavy atom. The molecule has 2 fully saturated rings. The fraction of sp³-hybridized carbons (Fsp3) is 0.625. The van der Waals surface area contributed by atoms with Crippen molar-refractivity contribution in [2.45, 2.75) is 69.4 Å². The van der Waals surface area contributed by atoms with Gasteiger partial charge in [-0.2, -0.15) is 0 Å². The Morgan fingerprint density at radius 3 is 2.61 bits per heavy atom. The van der Waals surface area contributed by atoms with Gasteiger partial charge in [0.2, 0.25) is 11.8 Å². The van der Waals surface area contributed by atoms with Gasteiger partial charge in [0.15, 0.2) is 0 Å². The summed E-state index contributed by atoms with van der Waals surface area (Å²) >= 11 is 1.82. The number of nitrogens with one attached hydrogen (secondary N) is 1. The van der Waals surface area contributed by atoms with E-state index in [0.29, 0.717) is 18.5 Å². The zero-order valence-corrected chi connectivity index (χ0v) is 19.2. The monoisotopic (exact) mass is 443 g/mol. The van der Waals surface area contributed by atoms with Crippen LogP contribution in [0.3, 0.4) is 0 Å². The van der Waals surface area contributed by atoms with E-state index < -0.39 is 6.04 Å². The lowest BCUT2D eigenvalue weighted by Crippen LogP contribution is -2.52. The molecule has 1 aromatic rings. The number of carbonyl (C=O) groups excluding carboxylic acids is 3. The molecule has 2 saturated heterocycles. The third-order valence-electron chi connectivity index (χ3n) is 6.56. The van der Waals surface area contributed by atoms with Crippen molar-refractivity contribution >= 4 is 29.5 Å². The molecule has 4 rings (SSSR count). The SMILES string of the molecule is CC1CN(CCCCCCCSc2cccc3c2CN(C2CCC(=O)NC2=O)C3=O)C1. The van der Waals surface area contributed by atoms with Crippen LogP contribution in [0.25, 0.3) is 0 Å². The molecule has 1 N–H and O–H groups in total. The lowest BCUT2D eigenvalue weighted by atomic mass is 10.0. The number of unbranched alkanes of at least 4 members (excludes halogenated alkanes) is 4. The molecule has 3 amide bonds. The molecule has 3 aliphatic rings. The predicted molar refractivity (Wildman–Crippen MR) is 122 cm³/mol. The van der Waals surface area contributed by atoms with Crippen LogP contribution in [0.2, 0.25) is 0 Å². The molecule has 0 spiro atoms. The summed E-state index contributed by atoms with van der Waals surface area (Å²) in [5.74, 6) is 1.24. The first-order valence-corrected chi connectivity index (χ1v) is 12.6. The molecule has 0 saturated carbocycles. The van der Waals surface area contributed by atoms with Crippen LogP contribution in [0.15, 0.2) is 23.1 Å². The van der Waals surface area contributed by atoms with Crippen LogP contribution >= 0.6 is 11.8 Å². The number of fused-ring (bicyclic) bond motifs is 1. The molecule has 1 aromatic carbocycles. The maximum Gasteiger partial charge on any atom is 0.255 e. The van der Waals surface area contributed by atoms with Crippen LogP contribution in [0, 0.1) is 5.92 Å². The van der Waals surface area contributed by atoms with Crippen LogP contribution in [-0.2, 0) is 16.1 Å². The molecule has 1 unspecified atom stereocenters. The third kappa shape index (κ3) is 5.32. The van der Waals surface area contributed by atoms with Gasteiger partial charge in [-0.3, -0.25) is 19.7 Å². The lowest BCUT2D eigenvalue weighted by Gasteiger charge is -2.37. The van der Waals surface area contributed by atoms with Gasteiger partial charge in [-0.25, -0.2) is 0 Å². The minimum absolute atomic E-state index is 0.0939. The van der Waals surface area contributed by atoms with Crippen molar-refractivity contribution in [3.05, 3.63) is 29.3 Å². The van der Waals surface area contributed by atoms with Crippen LogP contribution < -0.4 is 5.32 Å². The number of piperidine rings is 1. The molecular weight excluding hydrogens is 410 g/mol. The van der Waals surface area contributed by atoms with Gasteiger partial charge in [-0.05, 0) is 55.2 Å². The summed E-state index contributed by atoms with van der Waals surface area (Å²) in [6, 6.07) is 5.32. The number of rotatable bonds is 10. The number of nitrogens with zero attached hydrogens (tertiary/aromatic N) is 2. The molecular formula is C24H33N3O3S. The van der Waals surface area contributed by atoms with Crippen LogP contribution in [0.4, 0.5) is 0 Å². The molecule has 31 heavy (non-hydrogen) atoms. The number of hydrogen-bond donors (Lipinski definition) is 1. The van der Waals surface area contributed by atoms with Crippen LogP contribution in [0.5, 0.6) is 0 Å². The number of amides is 3. The third-order valence-corrected chi connectivity index (χ3v) is 7.74. The number of benzene rings is 1. The minimum atomic E-state index is -0.546. The van der Waals surface area contributed by atoms with Gasteiger partial charge in [-0.1, -0.05) is 32.3 Å². The van der Waals surface area contributed by atoms with Gasteiger partial charge < -0.3 is 9.80 Å². The van der Waals surface area contributed by atoms with E-state index in [9.17, 15) is 14.4 Å². The lowest BCUT2D eigenvalue weighted by molar-refractivity contribution is -0.136. The zero-order valence-electron chi connectivity index (χ0n) is 18.4. The second-order valence-electron chi connectivity index (χ2n) is 9.16. The quantitative estimate of drug-likeness (QED) is 0.341. The van der Waals surface area contributed by atoms with Crippen molar-refractivity contribution < 1.29 is 14.4 Å². The van der Waals surface area contributed by atoms with E-state index in [0.717, 1.165) is 22.1 Å². The molecule has 3 heterocycles. The standard InChI is InChI=1S/C24H33N3O3S/c1-17-14-26(15-17)12-5-3-2-4-6-13-31-21-9-7-8-18-19(21)16-27(24(18)30)20-10-11-22(28)25-23(20)29/h7-9,17,20H,2-6,10-16H2,1H3,(H,25,28,29). The highest BCUT2D eigenvalue weighted by molar-refractivity contribution is 7.99. The van der Waals surface area contributed by atoms with Crippen LogP contribution in [-0.4, -0.2) is 59.0 Å². The van der Waals surface area contributed by atoms with E-state index in [-0.39, 0.29) is 24.1 Å². The summed E-state index contributed by atoms with van der Waals surface area (Å²) in [6.45, 7) is 6.59. The summed E-state index contributed by atoms with van der Waals surface area (Å²) in [6.07, 6.45) is 7.03. The topological polar surface area (TPSA) is 69.7 Å². The number of imide groups is 1. The highest BCUT2D eigenvalue weighted by atomic mass is 32.2. The number of hydrogen-bond acceptors (Lipinski definition) is 5. The first kappa shape index (κ1) is 22.3. The molecule has 3 aliphatic heterocycles. The Labute approximate surface area is 189 Å². The van der Waals surface area contributed by atoms with Crippen molar-refractivity contribution in [1.82, 2.24) is 15.1 Å². The average molecular weight is 444 g/mol. The Balaban J connectivity index is 1.20. The second-order valence-corrected chi connectivity index (χ2v) is 10.3. The van der Waals surface area contributed by atoms with Crippen molar-refractivity contribution in [2.24, 2.45) is 5.92 Å². The molecule has 0 aromatic heterocycles. The summed E-state index contributed by atoms with van der Waals surface area (Å²) in [7, 11) is 0. The number of carbonyl (C=O) groups is 3. The van der Waals surface area contributed by atoms with Gasteiger partial charge in [-0.15, -0.1) is 11.8 Å². The molecule has 168 valence electrons. The normalized spacial score (nSPS) is 21.9. The first-order valence-electron chi connectivity index (χ1n) is 11.6. The molecule has 0 radical (unpaired) electrons. The van der Waals surface area contributed by atoms with Gasteiger partial charge in [0.05, 0.1) is 0 Å². The van der Waals surface area contributed by atoms with E-state index in [2.05, 4.69) is 23.2 Å². The summed E-state index contributed by atoms with van der Waals surface area (Å²) in [5.41, 5.74) is 1.74. The second kappa shape index (κ2) is 10.2. The van der Waals surface area contributed by atoms with Crippen molar-refractivity contribution in [1.29, 1.82) is 0 Å². The zero-order chi connectivity index (χ0) is 21.8. The fourth-order valence-electron chi connectivity index (χ4n) is 4.85. The Hall–Kier alpha value is -1.86. The van der Waals surface area contributed by atoms with E-state index >= 15 is 0 Å². The van der Waals surface area contributed by atoms with E-state index in [1.54, 1.807) is 4.90 Å². The first-order chi connectivity index (χ1) is 15.0. The molecule has 7 heteroatoms. The van der Waals surface area contributed by atoms with Crippen molar-refractivity contribution in [3.8, 4) is 0 Å². The molecule has 0 bridgehead atoms. The van der Waals surface area contributed by atoms with Crippen LogP contribution in [0.1, 0.15) is 67.8 Å². The average Bonchev–Trinajstić information content (AvgIpc) is 3.05. The molecule has 0 aliphatic carbocycles. The Morgan fingerprint density at radius 2 is 1.84 bits per heavy atom. The van der Waals surface area contributed by atoms with Gasteiger partial charge in [0, 0.05) is 36.5 Å². The maximum atomic E-state index is 12.9. The maximum absolute atomic E-state index is 12.9. The summed E-state index contributed by atoms with van der Waals surface area (Å²) < 4.78 is 0.